The smallest absolute Gasteiger partial charge is 0.528 e. The fourth-order valence-corrected chi connectivity index (χ4v) is 9.83. The van der Waals surface area contributed by atoms with Crippen molar-refractivity contribution < 1.29 is 102 Å². The van der Waals surface area contributed by atoms with Crippen LogP contribution >= 0.6 is 23.2 Å². The largest absolute Gasteiger partial charge is 1.00 e. The van der Waals surface area contributed by atoms with Crippen molar-refractivity contribution in [1.29, 1.82) is 0 Å². The molecule has 2 atom stereocenters. The van der Waals surface area contributed by atoms with E-state index < -0.39 is 11.9 Å². The normalized spacial score (nSPS) is 16.9. The number of nitrogens with zero attached hydrogens (tertiary/aromatic N) is 3. The van der Waals surface area contributed by atoms with Gasteiger partial charge in [0.2, 0.25) is 0 Å². The van der Waals surface area contributed by atoms with E-state index in [2.05, 4.69) is 43.2 Å². The molecule has 8 rings (SSSR count). The predicted octanol–water partition coefficient (Wildman–Crippen LogP) is 2.34. The number of rotatable bonds is 17. The molecule has 87 heavy (non-hydrogen) atoms. The van der Waals surface area contributed by atoms with E-state index in [1.807, 2.05) is 26.0 Å². The first kappa shape index (κ1) is 79.7. The molecule has 2 unspecified atom stereocenters. The van der Waals surface area contributed by atoms with Crippen LogP contribution < -0.4 is 66.4 Å². The molecule has 4 aromatic rings. The molecule has 0 aromatic heterocycles. The number of benzene rings is 4. The molecule has 21 nitrogen and oxygen atoms in total. The molecule has 4 heterocycles. The number of hydrogen-bond donors (Lipinski definition) is 5. The Morgan fingerprint density at radius 3 is 1.45 bits per heavy atom. The summed E-state index contributed by atoms with van der Waals surface area (Å²) in [7, 11) is 4.47. The zero-order chi connectivity index (χ0) is 61.6. The van der Waals surface area contributed by atoms with Crippen molar-refractivity contribution in [2.24, 2.45) is 11.8 Å². The van der Waals surface area contributed by atoms with Gasteiger partial charge in [0.25, 0.3) is 11.8 Å². The van der Waals surface area contributed by atoms with Crippen molar-refractivity contribution >= 4 is 78.1 Å². The van der Waals surface area contributed by atoms with E-state index in [1.54, 1.807) is 24.3 Å². The molecular formula is C60H85BCl2F2N8NaO13. The second-order valence-electron chi connectivity index (χ2n) is 20.4. The van der Waals surface area contributed by atoms with E-state index in [0.717, 1.165) is 96.3 Å². The molecule has 4 aromatic carbocycles. The molecule has 4 aliphatic heterocycles. The van der Waals surface area contributed by atoms with Gasteiger partial charge in [-0.2, -0.15) is 0 Å². The number of esters is 2. The first-order chi connectivity index (χ1) is 40.2. The Balaban J connectivity index is 0.000000652. The number of carbonyl (C=O) groups is 6. The fraction of sp³-hybridized carbons (Fsp3) is 0.500. The third kappa shape index (κ3) is 31.1. The third-order valence-electron chi connectivity index (χ3n) is 13.5. The van der Waals surface area contributed by atoms with E-state index >= 15 is 0 Å². The summed E-state index contributed by atoms with van der Waals surface area (Å²) in [4.78, 5) is 71.7. The molecule has 27 heteroatoms. The minimum atomic E-state index is -0.562. The van der Waals surface area contributed by atoms with E-state index in [4.69, 9.17) is 53.6 Å². The number of amides is 2. The summed E-state index contributed by atoms with van der Waals surface area (Å²) in [6.45, 7) is 21.3. The SMILES string of the molecule is CC(=O)OC(C)=O.CCOc1cc(N)c(Cl)cc1C(=O)NCC1CN(CC2CCN(Cc3ccc(F)cc3)CC2)CCO1.CCOc1cc(N)c(Cl)cc1C(=O)NCC1CN(CC2CCNCC2)CCO1.O.O.O=Cc1ccc(F)cc1.[B-]C(C)=O.[Na+]. The Hall–Kier alpha value is -5.32. The summed E-state index contributed by atoms with van der Waals surface area (Å²) in [6.07, 6.45) is 5.36. The van der Waals surface area contributed by atoms with Crippen molar-refractivity contribution in [3.05, 3.63) is 117 Å². The molecule has 4 saturated heterocycles. The zero-order valence-corrected chi connectivity index (χ0v) is 54.3. The number of halogens is 4. The second kappa shape index (κ2) is 43.4. The summed E-state index contributed by atoms with van der Waals surface area (Å²) in [5.41, 5.74) is 14.6. The topological polar surface area (TPSA) is 309 Å². The monoisotopic (exact) mass is 1270 g/mol. The molecule has 0 aliphatic carbocycles. The van der Waals surface area contributed by atoms with Crippen molar-refractivity contribution in [1.82, 2.24) is 30.7 Å². The molecule has 0 spiro atoms. The number of piperidine rings is 2. The number of nitrogens with one attached hydrogen (secondary N) is 3. The molecule has 11 N–H and O–H groups in total. The molecule has 4 fully saturated rings. The maximum Gasteiger partial charge on any atom is 1.00 e. The zero-order valence-electron chi connectivity index (χ0n) is 50.7. The van der Waals surface area contributed by atoms with Crippen molar-refractivity contribution in [3.63, 3.8) is 0 Å². The van der Waals surface area contributed by atoms with Gasteiger partial charge in [0.15, 0.2) is 0 Å². The number of carbonyl (C=O) groups excluding carboxylic acids is 6. The van der Waals surface area contributed by atoms with Gasteiger partial charge in [-0.15, -0.1) is 5.68 Å². The van der Waals surface area contributed by atoms with E-state index in [-0.39, 0.29) is 81.8 Å². The summed E-state index contributed by atoms with van der Waals surface area (Å²) in [5, 5.41) is 10.0. The van der Waals surface area contributed by atoms with Crippen LogP contribution in [0.3, 0.4) is 0 Å². The average molecular weight is 1270 g/mol. The third-order valence-corrected chi connectivity index (χ3v) is 14.2. The molecule has 4 aliphatic rings. The van der Waals surface area contributed by atoms with Gasteiger partial charge in [-0.1, -0.05) is 42.3 Å². The molecule has 2 amide bonds. The van der Waals surface area contributed by atoms with Crippen LogP contribution in [-0.2, 0) is 35.1 Å². The first-order valence-corrected chi connectivity index (χ1v) is 28.9. The minimum absolute atomic E-state index is 0. The summed E-state index contributed by atoms with van der Waals surface area (Å²) in [5.74, 6) is 0.145. The first-order valence-electron chi connectivity index (χ1n) is 28.2. The van der Waals surface area contributed by atoms with Crippen LogP contribution in [0.5, 0.6) is 11.5 Å². The van der Waals surface area contributed by atoms with Crippen molar-refractivity contribution in [2.75, 3.05) is 116 Å². The number of nitrogens with two attached hydrogens (primary N) is 2. The van der Waals surface area contributed by atoms with Gasteiger partial charge >= 0.3 is 41.5 Å². The number of aldehydes is 1. The van der Waals surface area contributed by atoms with Crippen LogP contribution in [0.2, 0.25) is 10.0 Å². The Labute approximate surface area is 542 Å². The molecule has 475 valence electrons. The van der Waals surface area contributed by atoms with Crippen LogP contribution in [0.1, 0.15) is 96.9 Å². The number of hydrogen-bond acceptors (Lipinski definition) is 17. The number of morpholine rings is 2. The van der Waals surface area contributed by atoms with Gasteiger partial charge in [0.1, 0.15) is 29.4 Å². The Bertz CT molecular complexity index is 2700. The van der Waals surface area contributed by atoms with Crippen LogP contribution in [0.4, 0.5) is 20.2 Å². The molecule has 0 saturated carbocycles. The van der Waals surface area contributed by atoms with Gasteiger partial charge in [-0.05, 0) is 132 Å². The Morgan fingerprint density at radius 1 is 0.667 bits per heavy atom. The van der Waals surface area contributed by atoms with Crippen LogP contribution in [0, 0.1) is 23.5 Å². The van der Waals surface area contributed by atoms with E-state index in [1.165, 1.54) is 70.0 Å². The van der Waals surface area contributed by atoms with Crippen molar-refractivity contribution in [2.45, 2.75) is 79.1 Å². The number of ether oxygens (including phenoxy) is 5. The van der Waals surface area contributed by atoms with Crippen LogP contribution in [-0.4, -0.2) is 186 Å². The maximum absolute atomic E-state index is 13.1. The van der Waals surface area contributed by atoms with Crippen molar-refractivity contribution in [3.8, 4) is 11.5 Å². The standard InChI is InChI=1S/C27H36ClFN4O3.C20H31ClN4O3.C7H5FO.C4H6O3.C2H3BO.Na.2H2O/c1-2-35-26-14-25(30)24(28)13-23(26)27(34)31-15-22-18-33(11-12-36-22)17-20-7-9-32(10-8-20)16-19-3-5-21(29)6-4-19;1-2-27-19-10-18(22)17(21)9-16(19)20(26)24-11-15-13-25(7-8-28-15)12-14-3-5-23-6-4-14;8-7-3-1-6(5-9)2-4-7;1-3(5)7-4(2)6;1-2(3)4;;;/h3-6,13-14,20,22H,2,7-12,15-18,30H2,1H3,(H,31,34);9-10,14-15,23H,2-8,11-13,22H2,1H3,(H,24,26);1-5H;1-2H3;1H3;;2*1H2/q;;;;-1;+1;;. The van der Waals surface area contributed by atoms with Crippen LogP contribution in [0.15, 0.2) is 72.8 Å². The predicted molar refractivity (Wildman–Crippen MR) is 329 cm³/mol. The van der Waals surface area contributed by atoms with E-state index in [0.29, 0.717) is 101 Å². The molecule has 0 bridgehead atoms. The number of nitrogen functional groups attached to an aromatic ring is 2. The van der Waals surface area contributed by atoms with Gasteiger partial charge in [-0.3, -0.25) is 38.7 Å². The summed E-state index contributed by atoms with van der Waals surface area (Å²) in [6, 6.07) is 18.5. The average Bonchev–Trinajstić information content (AvgIpc) is 3.63. The fourth-order valence-electron chi connectivity index (χ4n) is 9.50. The maximum atomic E-state index is 13.1. The molecule has 3 radical (unpaired) electrons. The molecular weight excluding hydrogens is 1180 g/mol. The van der Waals surface area contributed by atoms with E-state index in [9.17, 15) is 37.5 Å². The second-order valence-corrected chi connectivity index (χ2v) is 21.2. The van der Waals surface area contributed by atoms with Gasteiger partial charge in [0.05, 0.1) is 71.2 Å². The van der Waals surface area contributed by atoms with Gasteiger partial charge in [-0.25, -0.2) is 8.78 Å². The van der Waals surface area contributed by atoms with Crippen LogP contribution in [0.25, 0.3) is 0 Å². The number of likely N-dealkylation sites (tertiary alicyclic amines) is 1. The van der Waals surface area contributed by atoms with Gasteiger partial charge in [0, 0.05) is 90.4 Å². The summed E-state index contributed by atoms with van der Waals surface area (Å²) < 4.78 is 52.1. The Kier molecular flexibility index (Phi) is 39.7. The van der Waals surface area contributed by atoms with Gasteiger partial charge < -0.3 is 74.7 Å². The minimum Gasteiger partial charge on any atom is -0.528 e. The quantitative estimate of drug-likeness (QED) is 0.0333. The Morgan fingerprint density at radius 2 is 1.07 bits per heavy atom. The summed E-state index contributed by atoms with van der Waals surface area (Å²) >= 11 is 12.2. The number of anilines is 2.